The summed E-state index contributed by atoms with van der Waals surface area (Å²) in [5.41, 5.74) is -0.0225. The van der Waals surface area contributed by atoms with Crippen LogP contribution in [0.2, 0.25) is 5.02 Å². The molecule has 0 saturated heterocycles. The molecule has 0 saturated carbocycles. The predicted octanol–water partition coefficient (Wildman–Crippen LogP) is 3.22. The van der Waals surface area contributed by atoms with Gasteiger partial charge in [-0.15, -0.1) is 0 Å². The van der Waals surface area contributed by atoms with Crippen molar-refractivity contribution in [3.05, 3.63) is 53.1 Å². The molecule has 2 aromatic rings. The molecule has 0 spiro atoms. The smallest absolute Gasteiger partial charge is 0.339 e. The molecule has 7 nitrogen and oxygen atoms in total. The van der Waals surface area contributed by atoms with E-state index in [4.69, 9.17) is 25.8 Å². The van der Waals surface area contributed by atoms with Crippen LogP contribution in [0.5, 0.6) is 11.5 Å². The fraction of sp³-hybridized carbons (Fsp3) is 0.316. The zero-order valence-electron chi connectivity index (χ0n) is 15.8. The van der Waals surface area contributed by atoms with E-state index in [1.54, 1.807) is 24.3 Å². The van der Waals surface area contributed by atoms with Gasteiger partial charge in [-0.2, -0.15) is 0 Å². The third kappa shape index (κ3) is 5.60. The van der Waals surface area contributed by atoms with Crippen LogP contribution in [0.25, 0.3) is 0 Å². The van der Waals surface area contributed by atoms with Gasteiger partial charge in [0.2, 0.25) is 10.0 Å². The number of esters is 1. The van der Waals surface area contributed by atoms with E-state index in [2.05, 4.69) is 0 Å². The molecular weight excluding hydrogens is 406 g/mol. The van der Waals surface area contributed by atoms with Crippen LogP contribution < -0.4 is 9.47 Å². The fourth-order valence-electron chi connectivity index (χ4n) is 2.20. The van der Waals surface area contributed by atoms with E-state index in [1.165, 1.54) is 32.3 Å². The van der Waals surface area contributed by atoms with Crippen molar-refractivity contribution in [1.82, 2.24) is 4.31 Å². The minimum Gasteiger partial charge on any atom is -0.494 e. The molecule has 0 aliphatic carbocycles. The van der Waals surface area contributed by atoms with Crippen LogP contribution in [0.4, 0.5) is 0 Å². The molecule has 9 heteroatoms. The highest BCUT2D eigenvalue weighted by molar-refractivity contribution is 7.89. The number of halogens is 1. The fourth-order valence-corrected chi connectivity index (χ4v) is 3.33. The van der Waals surface area contributed by atoms with Crippen LogP contribution in [0.1, 0.15) is 17.3 Å². The van der Waals surface area contributed by atoms with E-state index in [1.807, 2.05) is 6.92 Å². The van der Waals surface area contributed by atoms with Gasteiger partial charge in [0, 0.05) is 14.1 Å². The summed E-state index contributed by atoms with van der Waals surface area (Å²) in [6, 6.07) is 10.9. The van der Waals surface area contributed by atoms with Gasteiger partial charge in [0.15, 0.2) is 0 Å². The minimum absolute atomic E-state index is 0.0208. The number of hydrogen-bond acceptors (Lipinski definition) is 6. The van der Waals surface area contributed by atoms with Gasteiger partial charge in [-0.1, -0.05) is 11.6 Å². The first-order valence-electron chi connectivity index (χ1n) is 8.50. The van der Waals surface area contributed by atoms with Crippen molar-refractivity contribution in [3.8, 4) is 11.5 Å². The van der Waals surface area contributed by atoms with E-state index >= 15 is 0 Å². The highest BCUT2D eigenvalue weighted by Gasteiger charge is 2.21. The molecule has 0 fully saturated rings. The quantitative estimate of drug-likeness (QED) is 0.451. The molecule has 0 bridgehead atoms. The summed E-state index contributed by atoms with van der Waals surface area (Å²) in [6.45, 7) is 2.59. The van der Waals surface area contributed by atoms with Crippen LogP contribution in [-0.4, -0.2) is 52.6 Å². The lowest BCUT2D eigenvalue weighted by Gasteiger charge is -2.13. The van der Waals surface area contributed by atoms with Crippen molar-refractivity contribution in [3.63, 3.8) is 0 Å². The van der Waals surface area contributed by atoms with Crippen molar-refractivity contribution in [2.45, 2.75) is 11.8 Å². The van der Waals surface area contributed by atoms with Crippen LogP contribution in [-0.2, 0) is 14.8 Å². The maximum Gasteiger partial charge on any atom is 0.339 e. The summed E-state index contributed by atoms with van der Waals surface area (Å²) in [5.74, 6) is 0.621. The molecule has 0 aromatic heterocycles. The van der Waals surface area contributed by atoms with Crippen molar-refractivity contribution < 1.29 is 27.4 Å². The van der Waals surface area contributed by atoms with Gasteiger partial charge in [-0.3, -0.25) is 0 Å². The number of sulfonamides is 1. The molecule has 0 radical (unpaired) electrons. The predicted molar refractivity (Wildman–Crippen MR) is 106 cm³/mol. The Morgan fingerprint density at radius 3 is 2.18 bits per heavy atom. The minimum atomic E-state index is -3.69. The Balaban J connectivity index is 1.94. The molecule has 152 valence electrons. The number of carbonyl (C=O) groups excluding carboxylic acids is 1. The lowest BCUT2D eigenvalue weighted by atomic mass is 10.2. The second-order valence-corrected chi connectivity index (χ2v) is 8.38. The molecule has 2 aromatic carbocycles. The highest BCUT2D eigenvalue weighted by Crippen LogP contribution is 2.23. The van der Waals surface area contributed by atoms with Gasteiger partial charge in [0.05, 0.1) is 22.1 Å². The summed E-state index contributed by atoms with van der Waals surface area (Å²) in [4.78, 5) is 12.2. The molecular formula is C19H22ClNO6S. The summed E-state index contributed by atoms with van der Waals surface area (Å²) in [5, 5.41) is 0.107. The Kier molecular flexibility index (Phi) is 7.68. The summed E-state index contributed by atoms with van der Waals surface area (Å²) < 4.78 is 41.4. The maximum absolute atomic E-state index is 12.3. The number of hydrogen-bond donors (Lipinski definition) is 0. The van der Waals surface area contributed by atoms with Crippen molar-refractivity contribution >= 4 is 27.6 Å². The Bertz CT molecular complexity index is 913. The van der Waals surface area contributed by atoms with Gasteiger partial charge >= 0.3 is 5.97 Å². The number of nitrogens with zero attached hydrogens (tertiary/aromatic N) is 1. The molecule has 0 heterocycles. The molecule has 0 aliphatic rings. The normalized spacial score (nSPS) is 11.3. The second kappa shape index (κ2) is 9.77. The number of rotatable bonds is 9. The van der Waals surface area contributed by atoms with Gasteiger partial charge in [-0.25, -0.2) is 17.5 Å². The Morgan fingerprint density at radius 1 is 1.00 bits per heavy atom. The van der Waals surface area contributed by atoms with Gasteiger partial charge in [0.25, 0.3) is 0 Å². The lowest BCUT2D eigenvalue weighted by Crippen LogP contribution is -2.22. The summed E-state index contributed by atoms with van der Waals surface area (Å²) >= 11 is 6.02. The first-order chi connectivity index (χ1) is 13.3. The zero-order valence-corrected chi connectivity index (χ0v) is 17.4. The Hall–Kier alpha value is -2.29. The monoisotopic (exact) mass is 427 g/mol. The van der Waals surface area contributed by atoms with E-state index in [-0.39, 0.29) is 28.7 Å². The molecule has 0 amide bonds. The van der Waals surface area contributed by atoms with Crippen LogP contribution in [0.15, 0.2) is 47.4 Å². The molecule has 2 rings (SSSR count). The third-order valence-electron chi connectivity index (χ3n) is 3.66. The number of ether oxygens (including phenoxy) is 3. The zero-order chi connectivity index (χ0) is 20.7. The molecule has 0 unspecified atom stereocenters. The lowest BCUT2D eigenvalue weighted by molar-refractivity contribution is 0.0450. The first kappa shape index (κ1) is 22.0. The van der Waals surface area contributed by atoms with E-state index in [0.717, 1.165) is 10.1 Å². The highest BCUT2D eigenvalue weighted by atomic mass is 35.5. The SMILES string of the molecule is CCOc1ccc(OCCOC(=O)c2cc(S(=O)(=O)N(C)C)ccc2Cl)cc1. The van der Waals surface area contributed by atoms with Crippen LogP contribution >= 0.6 is 11.6 Å². The molecule has 0 aliphatic heterocycles. The summed E-state index contributed by atoms with van der Waals surface area (Å²) in [6.07, 6.45) is 0. The number of benzene rings is 2. The van der Waals surface area contributed by atoms with Gasteiger partial charge < -0.3 is 14.2 Å². The molecule has 0 atom stereocenters. The number of carbonyl (C=O) groups is 1. The van der Waals surface area contributed by atoms with Gasteiger partial charge in [0.1, 0.15) is 24.7 Å². The van der Waals surface area contributed by atoms with Crippen LogP contribution in [0.3, 0.4) is 0 Å². The Morgan fingerprint density at radius 2 is 1.61 bits per heavy atom. The topological polar surface area (TPSA) is 82.1 Å². The van der Waals surface area contributed by atoms with Crippen molar-refractivity contribution in [2.75, 3.05) is 33.9 Å². The standard InChI is InChI=1S/C19H22ClNO6S/c1-4-25-14-5-7-15(8-6-14)26-11-12-27-19(22)17-13-16(9-10-18(17)20)28(23,24)21(2)3/h5-10,13H,4,11-12H2,1-3H3. The summed E-state index contributed by atoms with van der Waals surface area (Å²) in [7, 11) is -0.881. The van der Waals surface area contributed by atoms with E-state index in [0.29, 0.717) is 12.4 Å². The second-order valence-electron chi connectivity index (χ2n) is 5.82. The van der Waals surface area contributed by atoms with Gasteiger partial charge in [-0.05, 0) is 49.4 Å². The largest absolute Gasteiger partial charge is 0.494 e. The van der Waals surface area contributed by atoms with E-state index < -0.39 is 16.0 Å². The van der Waals surface area contributed by atoms with Crippen LogP contribution in [0, 0.1) is 0 Å². The maximum atomic E-state index is 12.3. The first-order valence-corrected chi connectivity index (χ1v) is 10.3. The molecule has 28 heavy (non-hydrogen) atoms. The average molecular weight is 428 g/mol. The third-order valence-corrected chi connectivity index (χ3v) is 5.80. The average Bonchev–Trinajstić information content (AvgIpc) is 2.66. The van der Waals surface area contributed by atoms with Crippen molar-refractivity contribution in [2.24, 2.45) is 0 Å². The van der Waals surface area contributed by atoms with Crippen molar-refractivity contribution in [1.29, 1.82) is 0 Å². The Labute approximate surface area is 169 Å². The van der Waals surface area contributed by atoms with E-state index in [9.17, 15) is 13.2 Å². The molecule has 0 N–H and O–H groups in total.